The zero-order chi connectivity index (χ0) is 18.3. The summed E-state index contributed by atoms with van der Waals surface area (Å²) in [7, 11) is 1.89. The molecule has 0 saturated heterocycles. The number of nitrogens with zero attached hydrogens (tertiary/aromatic N) is 3. The minimum absolute atomic E-state index is 0.175. The summed E-state index contributed by atoms with van der Waals surface area (Å²) in [6, 6.07) is 3.81. The first kappa shape index (κ1) is 18.2. The van der Waals surface area contributed by atoms with Crippen LogP contribution >= 0.6 is 0 Å². The monoisotopic (exact) mass is 330 g/mol. The predicted octanol–water partition coefficient (Wildman–Crippen LogP) is 4.08. The van der Waals surface area contributed by atoms with Crippen LogP contribution in [-0.4, -0.2) is 34.0 Å². The fraction of sp³-hybridized carbons (Fsp3) is 0.474. The van der Waals surface area contributed by atoms with Gasteiger partial charge in [-0.25, -0.2) is 9.48 Å². The van der Waals surface area contributed by atoms with Gasteiger partial charge in [0.15, 0.2) is 0 Å². The molecule has 24 heavy (non-hydrogen) atoms. The van der Waals surface area contributed by atoms with E-state index in [0.717, 1.165) is 16.7 Å². The van der Waals surface area contributed by atoms with Gasteiger partial charge in [-0.1, -0.05) is 41.5 Å². The van der Waals surface area contributed by atoms with E-state index in [1.807, 2.05) is 25.4 Å². The Bertz CT molecular complexity index is 685. The van der Waals surface area contributed by atoms with Gasteiger partial charge < -0.3 is 10.3 Å². The van der Waals surface area contributed by atoms with Gasteiger partial charge >= 0.3 is 0 Å². The van der Waals surface area contributed by atoms with Crippen LogP contribution in [0.25, 0.3) is 0 Å². The summed E-state index contributed by atoms with van der Waals surface area (Å²) >= 11 is 0. The number of phenolic OH excluding ortho intramolecular Hbond substituents is 1. The van der Waals surface area contributed by atoms with Crippen molar-refractivity contribution in [2.24, 2.45) is 10.1 Å². The van der Waals surface area contributed by atoms with Gasteiger partial charge in [0.2, 0.25) is 6.34 Å². The highest BCUT2D eigenvalue weighted by molar-refractivity contribution is 5.98. The number of benzene rings is 1. The van der Waals surface area contributed by atoms with Crippen molar-refractivity contribution >= 4 is 12.2 Å². The third-order valence-electron chi connectivity index (χ3n) is 4.30. The number of hydrogen-bond acceptors (Lipinski definition) is 4. The number of amidine groups is 1. The number of aliphatic imine (C=N–C) groups is 1. The summed E-state index contributed by atoms with van der Waals surface area (Å²) in [5.74, 6) is 0.771. The topological polar surface area (TPSA) is 65.2 Å². The summed E-state index contributed by atoms with van der Waals surface area (Å²) in [5.41, 5.74) is 1.95. The Labute approximate surface area is 144 Å². The van der Waals surface area contributed by atoms with Gasteiger partial charge in [0.25, 0.3) is 5.84 Å². The van der Waals surface area contributed by atoms with E-state index >= 15 is 0 Å². The van der Waals surface area contributed by atoms with Gasteiger partial charge in [-0.2, -0.15) is 0 Å². The van der Waals surface area contributed by atoms with Crippen molar-refractivity contribution < 1.29 is 14.8 Å². The molecule has 1 heterocycles. The highest BCUT2D eigenvalue weighted by Crippen LogP contribution is 2.40. The van der Waals surface area contributed by atoms with Gasteiger partial charge in [0.1, 0.15) is 11.9 Å². The quantitative estimate of drug-likeness (QED) is 0.268. The minimum atomic E-state index is -0.242. The Morgan fingerprint density at radius 1 is 1.04 bits per heavy atom. The lowest BCUT2D eigenvalue weighted by Gasteiger charge is -2.29. The molecule has 1 aromatic carbocycles. The normalized spacial score (nSPS) is 21.5. The van der Waals surface area contributed by atoms with Crippen LogP contribution in [0.1, 0.15) is 58.2 Å². The van der Waals surface area contributed by atoms with E-state index in [9.17, 15) is 10.3 Å². The number of hydrogen-bond donors (Lipinski definition) is 2. The third kappa shape index (κ3) is 3.22. The van der Waals surface area contributed by atoms with Crippen LogP contribution in [0.2, 0.25) is 0 Å². The van der Waals surface area contributed by atoms with E-state index in [1.54, 1.807) is 12.5 Å². The zero-order valence-corrected chi connectivity index (χ0v) is 15.6. The summed E-state index contributed by atoms with van der Waals surface area (Å²) in [4.78, 5) is 4.12. The zero-order valence-electron chi connectivity index (χ0n) is 15.6. The molecule has 2 rings (SSSR count). The maximum Gasteiger partial charge on any atom is 0.279 e. The second kappa shape index (κ2) is 5.74. The first-order chi connectivity index (χ1) is 10.9. The van der Waals surface area contributed by atoms with E-state index in [2.05, 4.69) is 51.7 Å². The average Bonchev–Trinajstić information content (AvgIpc) is 2.86. The number of oxime groups is 1. The first-order valence-corrected chi connectivity index (χ1v) is 8.09. The van der Waals surface area contributed by atoms with E-state index in [0.29, 0.717) is 11.6 Å². The van der Waals surface area contributed by atoms with Crippen molar-refractivity contribution in [1.82, 2.24) is 0 Å². The van der Waals surface area contributed by atoms with Crippen LogP contribution in [0.3, 0.4) is 0 Å². The van der Waals surface area contributed by atoms with Crippen LogP contribution in [-0.2, 0) is 10.8 Å². The second-order valence-electron chi connectivity index (χ2n) is 8.55. The molecule has 0 fully saturated rings. The fourth-order valence-corrected chi connectivity index (χ4v) is 2.86. The molecule has 0 radical (unpaired) electrons. The van der Waals surface area contributed by atoms with Crippen molar-refractivity contribution in [2.45, 2.75) is 52.4 Å². The summed E-state index contributed by atoms with van der Waals surface area (Å²) in [5, 5.41) is 24.0. The SMILES string of the molecule is CC(C)(C)c1cc(C(=NO)[N+]2(C)C=CN=C2)cc(C(C)(C)C)c1O. The van der Waals surface area contributed by atoms with Gasteiger partial charge in [-0.05, 0) is 28.1 Å². The Kier molecular flexibility index (Phi) is 4.35. The largest absolute Gasteiger partial charge is 0.507 e. The molecule has 1 aliphatic heterocycles. The number of quaternary nitrogens is 1. The molecule has 5 heteroatoms. The third-order valence-corrected chi connectivity index (χ3v) is 4.30. The molecule has 0 amide bonds. The van der Waals surface area contributed by atoms with Crippen molar-refractivity contribution in [3.63, 3.8) is 0 Å². The Morgan fingerprint density at radius 3 is 1.88 bits per heavy atom. The Balaban J connectivity index is 2.76. The molecule has 0 bridgehead atoms. The predicted molar refractivity (Wildman–Crippen MR) is 97.6 cm³/mol. The van der Waals surface area contributed by atoms with Gasteiger partial charge in [-0.15, -0.1) is 0 Å². The molecule has 0 spiro atoms. The molecule has 0 aromatic heterocycles. The van der Waals surface area contributed by atoms with Gasteiger partial charge in [0, 0.05) is 11.1 Å². The van der Waals surface area contributed by atoms with Crippen LogP contribution in [0.5, 0.6) is 5.75 Å². The summed E-state index contributed by atoms with van der Waals surface area (Å²) < 4.78 is 0.175. The molecule has 0 aliphatic carbocycles. The molecule has 130 valence electrons. The standard InChI is InChI=1S/C19H27N3O2/c1-18(2,3)14-10-13(11-15(16(14)23)19(4,5)6)17(21-24)22(7)9-8-20-12-22/h8-12H,1-7H3,(H-,21,23,24)/p+1. The first-order valence-electron chi connectivity index (χ1n) is 8.09. The average molecular weight is 330 g/mol. The van der Waals surface area contributed by atoms with Crippen molar-refractivity contribution in [3.8, 4) is 5.75 Å². The van der Waals surface area contributed by atoms with E-state index < -0.39 is 0 Å². The number of rotatable bonds is 1. The maximum atomic E-state index is 10.8. The van der Waals surface area contributed by atoms with E-state index in [-0.39, 0.29) is 15.3 Å². The number of aromatic hydroxyl groups is 1. The molecule has 1 aromatic rings. The molecular weight excluding hydrogens is 302 g/mol. The van der Waals surface area contributed by atoms with Crippen LogP contribution in [0.15, 0.2) is 34.7 Å². The lowest BCUT2D eigenvalue weighted by Crippen LogP contribution is -2.42. The Hall–Kier alpha value is -2.14. The maximum absolute atomic E-state index is 10.8. The van der Waals surface area contributed by atoms with Gasteiger partial charge in [0.05, 0.1) is 18.8 Å². The van der Waals surface area contributed by atoms with Gasteiger partial charge in [-0.3, -0.25) is 0 Å². The molecule has 0 saturated carbocycles. The molecule has 1 unspecified atom stereocenters. The second-order valence-corrected chi connectivity index (χ2v) is 8.55. The molecule has 5 nitrogen and oxygen atoms in total. The summed E-state index contributed by atoms with van der Waals surface area (Å²) in [6.45, 7) is 12.3. The highest BCUT2D eigenvalue weighted by Gasteiger charge is 2.34. The van der Waals surface area contributed by atoms with Crippen LogP contribution in [0, 0.1) is 0 Å². The van der Waals surface area contributed by atoms with Crippen LogP contribution in [0.4, 0.5) is 0 Å². The number of phenols is 1. The van der Waals surface area contributed by atoms with Crippen LogP contribution < -0.4 is 0 Å². The molecule has 1 aliphatic rings. The van der Waals surface area contributed by atoms with E-state index in [1.165, 1.54) is 0 Å². The Morgan fingerprint density at radius 2 is 1.54 bits per heavy atom. The van der Waals surface area contributed by atoms with Crippen molar-refractivity contribution in [2.75, 3.05) is 7.05 Å². The molecule has 2 N–H and O–H groups in total. The van der Waals surface area contributed by atoms with Crippen molar-refractivity contribution in [3.05, 3.63) is 41.2 Å². The smallest absolute Gasteiger partial charge is 0.279 e. The highest BCUT2D eigenvalue weighted by atomic mass is 16.4. The molecular formula is C19H28N3O2+. The van der Waals surface area contributed by atoms with E-state index in [4.69, 9.17) is 0 Å². The fourth-order valence-electron chi connectivity index (χ4n) is 2.86. The summed E-state index contributed by atoms with van der Waals surface area (Å²) in [6.07, 6.45) is 5.23. The lowest BCUT2D eigenvalue weighted by atomic mass is 9.78. The molecule has 1 atom stereocenters. The minimum Gasteiger partial charge on any atom is -0.507 e. The van der Waals surface area contributed by atoms with Crippen molar-refractivity contribution in [1.29, 1.82) is 0 Å². The lowest BCUT2D eigenvalue weighted by molar-refractivity contribution is -0.652.